The number of aryl methyl sites for hydroxylation is 1. The van der Waals surface area contributed by atoms with Gasteiger partial charge < -0.3 is 15.7 Å². The van der Waals surface area contributed by atoms with E-state index in [4.69, 9.17) is 0 Å². The zero-order valence-corrected chi connectivity index (χ0v) is 11.8. The van der Waals surface area contributed by atoms with Crippen molar-refractivity contribution in [2.45, 2.75) is 39.8 Å². The quantitative estimate of drug-likeness (QED) is 0.731. The van der Waals surface area contributed by atoms with Crippen LogP contribution in [0.5, 0.6) is 0 Å². The normalized spacial score (nSPS) is 13.7. The number of hydrogen-bond acceptors (Lipinski definition) is 3. The summed E-state index contributed by atoms with van der Waals surface area (Å²) in [6.45, 7) is 6.68. The van der Waals surface area contributed by atoms with E-state index < -0.39 is 0 Å². The lowest BCUT2D eigenvalue weighted by atomic mass is 10.1. The lowest BCUT2D eigenvalue weighted by Gasteiger charge is -2.14. The molecule has 2 amide bonds. The van der Waals surface area contributed by atoms with E-state index in [1.54, 1.807) is 13.1 Å². The molecule has 0 aliphatic rings. The van der Waals surface area contributed by atoms with Crippen molar-refractivity contribution in [1.82, 2.24) is 15.6 Å². The van der Waals surface area contributed by atoms with Gasteiger partial charge >= 0.3 is 6.03 Å². The molecule has 1 heterocycles. The van der Waals surface area contributed by atoms with Crippen molar-refractivity contribution < 1.29 is 9.90 Å². The van der Waals surface area contributed by atoms with Crippen LogP contribution in [0, 0.1) is 12.8 Å². The highest BCUT2D eigenvalue weighted by atomic mass is 16.3. The Bertz CT molecular complexity index is 407. The second kappa shape index (κ2) is 7.74. The average molecular weight is 265 g/mol. The number of rotatable bonds is 6. The van der Waals surface area contributed by atoms with E-state index in [1.165, 1.54) is 0 Å². The Morgan fingerprint density at radius 3 is 2.79 bits per heavy atom. The summed E-state index contributed by atoms with van der Waals surface area (Å²) in [5.41, 5.74) is 1.93. The van der Waals surface area contributed by atoms with E-state index in [0.29, 0.717) is 19.5 Å². The summed E-state index contributed by atoms with van der Waals surface area (Å²) in [6.07, 6.45) is 2.06. The van der Waals surface area contributed by atoms with Gasteiger partial charge in [0.1, 0.15) is 0 Å². The molecule has 1 rings (SSSR count). The van der Waals surface area contributed by atoms with Crippen LogP contribution < -0.4 is 10.6 Å². The number of aliphatic hydroxyl groups excluding tert-OH is 1. The SMILES string of the molecule is Cc1cccnc1CNC(=O)NCC(C)CC(C)O. The molecule has 0 aliphatic carbocycles. The molecule has 1 aromatic rings. The van der Waals surface area contributed by atoms with Crippen LogP contribution in [-0.4, -0.2) is 28.8 Å². The summed E-state index contributed by atoms with van der Waals surface area (Å²) in [7, 11) is 0. The minimum absolute atomic E-state index is 0.206. The van der Waals surface area contributed by atoms with E-state index in [9.17, 15) is 9.90 Å². The van der Waals surface area contributed by atoms with Crippen molar-refractivity contribution in [3.8, 4) is 0 Å². The number of hydrogen-bond donors (Lipinski definition) is 3. The molecule has 2 unspecified atom stereocenters. The fraction of sp³-hybridized carbons (Fsp3) is 0.571. The molecule has 106 valence electrons. The molecule has 5 heteroatoms. The number of carbonyl (C=O) groups excluding carboxylic acids is 1. The van der Waals surface area contributed by atoms with Gasteiger partial charge in [0.15, 0.2) is 0 Å². The topological polar surface area (TPSA) is 74.2 Å². The van der Waals surface area contributed by atoms with Crippen LogP contribution in [-0.2, 0) is 6.54 Å². The number of nitrogens with one attached hydrogen (secondary N) is 2. The molecule has 0 aliphatic heterocycles. The molecule has 0 saturated heterocycles. The van der Waals surface area contributed by atoms with Crippen molar-refractivity contribution >= 4 is 6.03 Å². The van der Waals surface area contributed by atoms with Gasteiger partial charge in [-0.2, -0.15) is 0 Å². The highest BCUT2D eigenvalue weighted by Crippen LogP contribution is 2.04. The highest BCUT2D eigenvalue weighted by Gasteiger charge is 2.08. The van der Waals surface area contributed by atoms with Crippen LogP contribution in [0.2, 0.25) is 0 Å². The maximum Gasteiger partial charge on any atom is 0.315 e. The number of aliphatic hydroxyl groups is 1. The number of amides is 2. The standard InChI is InChI=1S/C14H23N3O2/c1-10(7-12(3)18)8-16-14(19)17-9-13-11(2)5-4-6-15-13/h4-6,10,12,18H,7-9H2,1-3H3,(H2,16,17,19). The van der Waals surface area contributed by atoms with Gasteiger partial charge in [-0.15, -0.1) is 0 Å². The van der Waals surface area contributed by atoms with Gasteiger partial charge in [-0.1, -0.05) is 13.0 Å². The number of carbonyl (C=O) groups is 1. The Morgan fingerprint density at radius 2 is 2.16 bits per heavy atom. The molecule has 0 bridgehead atoms. The molecular weight excluding hydrogens is 242 g/mol. The fourth-order valence-corrected chi connectivity index (χ4v) is 1.86. The van der Waals surface area contributed by atoms with Gasteiger partial charge in [0.2, 0.25) is 0 Å². The van der Waals surface area contributed by atoms with E-state index in [0.717, 1.165) is 11.3 Å². The summed E-state index contributed by atoms with van der Waals surface area (Å²) < 4.78 is 0. The summed E-state index contributed by atoms with van der Waals surface area (Å²) in [5.74, 6) is 0.252. The van der Waals surface area contributed by atoms with Gasteiger partial charge in [-0.05, 0) is 37.8 Å². The third kappa shape index (κ3) is 6.20. The van der Waals surface area contributed by atoms with E-state index in [-0.39, 0.29) is 18.1 Å². The molecule has 19 heavy (non-hydrogen) atoms. The summed E-state index contributed by atoms with van der Waals surface area (Å²) in [5, 5.41) is 14.8. The molecule has 0 saturated carbocycles. The Kier molecular flexibility index (Phi) is 6.29. The lowest BCUT2D eigenvalue weighted by Crippen LogP contribution is -2.38. The van der Waals surface area contributed by atoms with Crippen molar-refractivity contribution in [2.24, 2.45) is 5.92 Å². The van der Waals surface area contributed by atoms with Crippen LogP contribution in [0.25, 0.3) is 0 Å². The van der Waals surface area contributed by atoms with Crippen molar-refractivity contribution in [3.05, 3.63) is 29.6 Å². The minimum atomic E-state index is -0.337. The molecule has 0 fully saturated rings. The third-order valence-corrected chi connectivity index (χ3v) is 2.89. The Labute approximate surface area is 114 Å². The largest absolute Gasteiger partial charge is 0.393 e. The molecule has 0 spiro atoms. The first-order valence-corrected chi connectivity index (χ1v) is 6.59. The first-order chi connectivity index (χ1) is 8.99. The number of nitrogens with zero attached hydrogens (tertiary/aromatic N) is 1. The average Bonchev–Trinajstić information content (AvgIpc) is 2.34. The molecule has 0 radical (unpaired) electrons. The van der Waals surface area contributed by atoms with Crippen LogP contribution in [0.1, 0.15) is 31.5 Å². The van der Waals surface area contributed by atoms with E-state index in [1.807, 2.05) is 26.0 Å². The number of pyridine rings is 1. The molecule has 0 aromatic carbocycles. The molecule has 2 atom stereocenters. The smallest absolute Gasteiger partial charge is 0.315 e. The van der Waals surface area contributed by atoms with Gasteiger partial charge in [0.05, 0.1) is 18.3 Å². The van der Waals surface area contributed by atoms with Crippen molar-refractivity contribution in [2.75, 3.05) is 6.54 Å². The maximum atomic E-state index is 11.6. The minimum Gasteiger partial charge on any atom is -0.393 e. The lowest BCUT2D eigenvalue weighted by molar-refractivity contribution is 0.163. The zero-order chi connectivity index (χ0) is 14.3. The van der Waals surface area contributed by atoms with Gasteiger partial charge in [-0.3, -0.25) is 4.98 Å². The summed E-state index contributed by atoms with van der Waals surface area (Å²) in [4.78, 5) is 15.8. The Balaban J connectivity index is 2.27. The van der Waals surface area contributed by atoms with Crippen molar-refractivity contribution in [3.63, 3.8) is 0 Å². The summed E-state index contributed by atoms with van der Waals surface area (Å²) >= 11 is 0. The van der Waals surface area contributed by atoms with E-state index >= 15 is 0 Å². The van der Waals surface area contributed by atoms with Gasteiger partial charge in [-0.25, -0.2) is 4.79 Å². The Morgan fingerprint density at radius 1 is 1.42 bits per heavy atom. The first kappa shape index (κ1) is 15.4. The van der Waals surface area contributed by atoms with Gasteiger partial charge in [0, 0.05) is 12.7 Å². The van der Waals surface area contributed by atoms with Crippen LogP contribution >= 0.6 is 0 Å². The van der Waals surface area contributed by atoms with Gasteiger partial charge in [0.25, 0.3) is 0 Å². The highest BCUT2D eigenvalue weighted by molar-refractivity contribution is 5.73. The molecule has 5 nitrogen and oxygen atoms in total. The van der Waals surface area contributed by atoms with Crippen LogP contribution in [0.3, 0.4) is 0 Å². The first-order valence-electron chi connectivity index (χ1n) is 6.59. The third-order valence-electron chi connectivity index (χ3n) is 2.89. The molecule has 1 aromatic heterocycles. The Hall–Kier alpha value is -1.62. The van der Waals surface area contributed by atoms with Crippen molar-refractivity contribution in [1.29, 1.82) is 0 Å². The maximum absolute atomic E-state index is 11.6. The predicted octanol–water partition coefficient (Wildman–Crippen LogP) is 1.60. The predicted molar refractivity (Wildman–Crippen MR) is 74.7 cm³/mol. The second-order valence-corrected chi connectivity index (χ2v) is 5.02. The monoisotopic (exact) mass is 265 g/mol. The van der Waals surface area contributed by atoms with E-state index in [2.05, 4.69) is 15.6 Å². The fourth-order valence-electron chi connectivity index (χ4n) is 1.86. The van der Waals surface area contributed by atoms with Crippen LogP contribution in [0.15, 0.2) is 18.3 Å². The number of aromatic nitrogens is 1. The molecular formula is C14H23N3O2. The second-order valence-electron chi connectivity index (χ2n) is 5.02. The zero-order valence-electron chi connectivity index (χ0n) is 11.8. The number of urea groups is 1. The van der Waals surface area contributed by atoms with Crippen LogP contribution in [0.4, 0.5) is 4.79 Å². The summed E-state index contributed by atoms with van der Waals surface area (Å²) in [6, 6.07) is 3.63. The molecule has 3 N–H and O–H groups in total.